The van der Waals surface area contributed by atoms with Crippen molar-refractivity contribution in [3.8, 4) is 17.0 Å². The van der Waals surface area contributed by atoms with E-state index in [1.165, 1.54) is 21.9 Å². The highest BCUT2D eigenvalue weighted by Gasteiger charge is 2.42. The van der Waals surface area contributed by atoms with E-state index in [-0.39, 0.29) is 11.5 Å². The predicted octanol–water partition coefficient (Wildman–Crippen LogP) is 6.66. The van der Waals surface area contributed by atoms with Gasteiger partial charge in [-0.2, -0.15) is 0 Å². The summed E-state index contributed by atoms with van der Waals surface area (Å²) in [4.78, 5) is 9.68. The van der Waals surface area contributed by atoms with Gasteiger partial charge < -0.3 is 4.74 Å². The fourth-order valence-corrected chi connectivity index (χ4v) is 4.93. The molecule has 5 rings (SSSR count). The van der Waals surface area contributed by atoms with E-state index >= 15 is 0 Å². The lowest BCUT2D eigenvalue weighted by molar-refractivity contribution is 0.211. The van der Waals surface area contributed by atoms with Crippen molar-refractivity contribution in [1.29, 1.82) is 0 Å². The number of pyridine rings is 2. The molecule has 2 heterocycles. The van der Waals surface area contributed by atoms with Crippen LogP contribution < -0.4 is 4.74 Å². The number of aromatic nitrogens is 2. The Hall–Kier alpha value is -2.94. The molecule has 146 valence electrons. The smallest absolute Gasteiger partial charge is 0.130 e. The first-order valence-corrected chi connectivity index (χ1v) is 10.5. The third kappa shape index (κ3) is 2.64. The monoisotopic (exact) mass is 382 g/mol. The van der Waals surface area contributed by atoms with Crippen LogP contribution in [-0.4, -0.2) is 16.1 Å². The molecule has 1 atom stereocenters. The van der Waals surface area contributed by atoms with Gasteiger partial charge in [-0.15, -0.1) is 0 Å². The van der Waals surface area contributed by atoms with E-state index < -0.39 is 0 Å². The summed E-state index contributed by atoms with van der Waals surface area (Å²) in [7, 11) is 0. The second-order valence-corrected chi connectivity index (χ2v) is 8.61. The second-order valence-electron chi connectivity index (χ2n) is 8.61. The lowest BCUT2D eigenvalue weighted by Gasteiger charge is -2.24. The van der Waals surface area contributed by atoms with Crippen molar-refractivity contribution >= 4 is 21.7 Å². The Morgan fingerprint density at radius 3 is 2.62 bits per heavy atom. The fourth-order valence-electron chi connectivity index (χ4n) is 4.93. The molecule has 3 heteroatoms. The lowest BCUT2D eigenvalue weighted by atomic mass is 9.79. The molecule has 29 heavy (non-hydrogen) atoms. The van der Waals surface area contributed by atoms with Crippen molar-refractivity contribution < 1.29 is 4.74 Å². The van der Waals surface area contributed by atoms with E-state index in [9.17, 15) is 0 Å². The standard InChI is InChI=1S/C26H26N2O/c1-5-9-16(2)29-20-14-17-10-6-7-12-19(17)22-21(20)25-23(26(22,3)4)24-18(15-28-25)11-8-13-27-24/h6-8,10-16H,5,9H2,1-4H3. The van der Waals surface area contributed by atoms with Crippen LogP contribution in [0, 0.1) is 0 Å². The van der Waals surface area contributed by atoms with Gasteiger partial charge in [0, 0.05) is 34.3 Å². The Morgan fingerprint density at radius 1 is 1.00 bits per heavy atom. The minimum absolute atomic E-state index is 0.163. The van der Waals surface area contributed by atoms with Crippen molar-refractivity contribution in [2.24, 2.45) is 0 Å². The number of nitrogens with zero attached hydrogens (tertiary/aromatic N) is 2. The van der Waals surface area contributed by atoms with E-state index in [1.807, 2.05) is 18.5 Å². The Balaban J connectivity index is 1.87. The van der Waals surface area contributed by atoms with Crippen LogP contribution in [0.15, 0.2) is 54.9 Å². The van der Waals surface area contributed by atoms with Crippen LogP contribution in [0.5, 0.6) is 5.75 Å². The number of benzene rings is 2. The highest BCUT2D eigenvalue weighted by atomic mass is 16.5. The summed E-state index contributed by atoms with van der Waals surface area (Å²) in [6.45, 7) is 8.93. The maximum Gasteiger partial charge on any atom is 0.130 e. The van der Waals surface area contributed by atoms with Gasteiger partial charge in [0.1, 0.15) is 5.75 Å². The Labute approximate surface area is 171 Å². The minimum Gasteiger partial charge on any atom is -0.490 e. The van der Waals surface area contributed by atoms with Crippen LogP contribution in [0.3, 0.4) is 0 Å². The van der Waals surface area contributed by atoms with Gasteiger partial charge in [0.15, 0.2) is 0 Å². The van der Waals surface area contributed by atoms with Crippen LogP contribution in [0.25, 0.3) is 32.9 Å². The third-order valence-electron chi connectivity index (χ3n) is 6.17. The molecule has 1 aliphatic rings. The normalized spacial score (nSPS) is 15.3. The molecule has 0 amide bonds. The van der Waals surface area contributed by atoms with Crippen LogP contribution in [0.1, 0.15) is 51.7 Å². The zero-order chi connectivity index (χ0) is 20.2. The lowest BCUT2D eigenvalue weighted by Crippen LogP contribution is -2.17. The molecule has 2 aromatic heterocycles. The van der Waals surface area contributed by atoms with Crippen LogP contribution >= 0.6 is 0 Å². The van der Waals surface area contributed by atoms with Crippen LogP contribution in [-0.2, 0) is 5.41 Å². The Morgan fingerprint density at radius 2 is 1.79 bits per heavy atom. The van der Waals surface area contributed by atoms with Gasteiger partial charge in [-0.3, -0.25) is 9.97 Å². The van der Waals surface area contributed by atoms with Gasteiger partial charge in [0.25, 0.3) is 0 Å². The number of fused-ring (bicyclic) bond motifs is 7. The molecular formula is C26H26N2O. The molecule has 0 radical (unpaired) electrons. The van der Waals surface area contributed by atoms with Crippen molar-refractivity contribution in [3.63, 3.8) is 0 Å². The SMILES string of the molecule is CCCC(C)Oc1cc2ccccc2c2c1-c1ncc3cccnc3c1C2(C)C. The number of hydrogen-bond donors (Lipinski definition) is 0. The summed E-state index contributed by atoms with van der Waals surface area (Å²) < 4.78 is 6.51. The molecule has 0 saturated carbocycles. The van der Waals surface area contributed by atoms with Gasteiger partial charge in [-0.25, -0.2) is 0 Å². The van der Waals surface area contributed by atoms with Gasteiger partial charge >= 0.3 is 0 Å². The van der Waals surface area contributed by atoms with Gasteiger partial charge in [0.2, 0.25) is 0 Å². The molecular weight excluding hydrogens is 356 g/mol. The van der Waals surface area contributed by atoms with Crippen molar-refractivity contribution in [1.82, 2.24) is 9.97 Å². The first-order chi connectivity index (χ1) is 14.0. The fraction of sp³-hybridized carbons (Fsp3) is 0.308. The topological polar surface area (TPSA) is 35.0 Å². The van der Waals surface area contributed by atoms with Crippen molar-refractivity contribution in [2.45, 2.75) is 52.1 Å². The summed E-state index contributed by atoms with van der Waals surface area (Å²) in [6, 6.07) is 14.9. The zero-order valence-electron chi connectivity index (χ0n) is 17.5. The van der Waals surface area contributed by atoms with E-state index in [4.69, 9.17) is 14.7 Å². The van der Waals surface area contributed by atoms with Gasteiger partial charge in [-0.05, 0) is 47.9 Å². The van der Waals surface area contributed by atoms with E-state index in [1.54, 1.807) is 0 Å². The van der Waals surface area contributed by atoms with E-state index in [2.05, 4.69) is 64.1 Å². The van der Waals surface area contributed by atoms with Gasteiger partial charge in [0.05, 0.1) is 17.3 Å². The van der Waals surface area contributed by atoms with Crippen LogP contribution in [0.2, 0.25) is 0 Å². The molecule has 0 N–H and O–H groups in total. The average molecular weight is 383 g/mol. The highest BCUT2D eigenvalue weighted by Crippen LogP contribution is 2.55. The summed E-state index contributed by atoms with van der Waals surface area (Å²) in [5.74, 6) is 0.939. The highest BCUT2D eigenvalue weighted by molar-refractivity contribution is 6.03. The molecule has 0 spiro atoms. The summed E-state index contributed by atoms with van der Waals surface area (Å²) in [5.41, 5.74) is 5.48. The summed E-state index contributed by atoms with van der Waals surface area (Å²) >= 11 is 0. The van der Waals surface area contributed by atoms with Gasteiger partial charge in [-0.1, -0.05) is 51.5 Å². The summed E-state index contributed by atoms with van der Waals surface area (Å²) in [5, 5.41) is 3.56. The van der Waals surface area contributed by atoms with Crippen molar-refractivity contribution in [3.05, 3.63) is 66.0 Å². The first kappa shape index (κ1) is 18.1. The molecule has 0 fully saturated rings. The van der Waals surface area contributed by atoms with Crippen LogP contribution in [0.4, 0.5) is 0 Å². The minimum atomic E-state index is -0.210. The molecule has 3 nitrogen and oxygen atoms in total. The maximum absolute atomic E-state index is 6.51. The molecule has 2 aromatic carbocycles. The van der Waals surface area contributed by atoms with E-state index in [0.717, 1.165) is 40.8 Å². The average Bonchev–Trinajstić information content (AvgIpc) is 2.96. The zero-order valence-corrected chi connectivity index (χ0v) is 17.5. The predicted molar refractivity (Wildman–Crippen MR) is 120 cm³/mol. The molecule has 4 aromatic rings. The molecule has 1 aliphatic carbocycles. The molecule has 0 aliphatic heterocycles. The van der Waals surface area contributed by atoms with Crippen molar-refractivity contribution in [2.75, 3.05) is 0 Å². The number of ether oxygens (including phenoxy) is 1. The Bertz CT molecular complexity index is 1240. The summed E-state index contributed by atoms with van der Waals surface area (Å²) in [6.07, 6.45) is 6.12. The maximum atomic E-state index is 6.51. The largest absolute Gasteiger partial charge is 0.490 e. The first-order valence-electron chi connectivity index (χ1n) is 10.5. The second kappa shape index (κ2) is 6.55. The molecule has 0 saturated heterocycles. The molecule has 0 bridgehead atoms. The number of rotatable bonds is 4. The Kier molecular flexibility index (Phi) is 4.09. The van der Waals surface area contributed by atoms with E-state index in [0.29, 0.717) is 0 Å². The molecule has 1 unspecified atom stereocenters. The quantitative estimate of drug-likeness (QED) is 0.396. The third-order valence-corrected chi connectivity index (χ3v) is 6.17. The number of hydrogen-bond acceptors (Lipinski definition) is 3.